The van der Waals surface area contributed by atoms with Gasteiger partial charge in [0.1, 0.15) is 8.24 Å². The van der Waals surface area contributed by atoms with Crippen LogP contribution in [0.5, 0.6) is 0 Å². The van der Waals surface area contributed by atoms with E-state index in [1.54, 1.807) is 0 Å². The van der Waals surface area contributed by atoms with E-state index < -0.39 is 8.24 Å². The lowest BCUT2D eigenvalue weighted by Gasteiger charge is -2.40. The highest BCUT2D eigenvalue weighted by Gasteiger charge is 2.31. The van der Waals surface area contributed by atoms with Gasteiger partial charge in [-0.25, -0.2) is 0 Å². The number of hydrogen-bond donors (Lipinski definition) is 1. The average molecular weight is 301 g/mol. The van der Waals surface area contributed by atoms with E-state index in [2.05, 4.69) is 58.0 Å². The van der Waals surface area contributed by atoms with E-state index in [0.29, 0.717) is 0 Å². The van der Waals surface area contributed by atoms with Crippen LogP contribution in [0, 0.1) is 0 Å². The molecule has 0 aliphatic carbocycles. The zero-order valence-electron chi connectivity index (χ0n) is 15.3. The smallest absolute Gasteiger partial charge is 0.122 e. The number of rotatable bonds is 12. The van der Waals surface area contributed by atoms with Crippen LogP contribution in [0.2, 0.25) is 18.6 Å². The van der Waals surface area contributed by atoms with Crippen molar-refractivity contribution in [2.24, 2.45) is 0 Å². The van der Waals surface area contributed by atoms with Crippen LogP contribution < -0.4 is 4.98 Å². The summed E-state index contributed by atoms with van der Waals surface area (Å²) in [6, 6.07) is 2.66. The van der Waals surface area contributed by atoms with Gasteiger partial charge < -0.3 is 9.88 Å². The molecule has 122 valence electrons. The molecule has 0 saturated heterocycles. The van der Waals surface area contributed by atoms with Gasteiger partial charge in [0.25, 0.3) is 0 Å². The molecule has 0 aliphatic rings. The maximum absolute atomic E-state index is 4.05. The molecule has 0 aromatic carbocycles. The third-order valence-electron chi connectivity index (χ3n) is 4.48. The summed E-state index contributed by atoms with van der Waals surface area (Å²) in [5, 5.41) is 0. The number of nitrogens with one attached hydrogen (secondary N) is 1. The molecule has 0 unspecified atom stereocenters. The van der Waals surface area contributed by atoms with Gasteiger partial charge >= 0.3 is 0 Å². The number of unbranched alkanes of at least 4 members (excludes halogenated alkanes) is 2. The third kappa shape index (κ3) is 8.43. The van der Waals surface area contributed by atoms with Crippen molar-refractivity contribution in [3.05, 3.63) is 0 Å². The molecule has 0 heterocycles. The van der Waals surface area contributed by atoms with Crippen LogP contribution in [-0.4, -0.2) is 38.3 Å². The predicted octanol–water partition coefficient (Wildman–Crippen LogP) is 4.87. The van der Waals surface area contributed by atoms with Crippen molar-refractivity contribution in [3.8, 4) is 0 Å². The Kier molecular flexibility index (Phi) is 10.0. The van der Waals surface area contributed by atoms with Crippen molar-refractivity contribution in [2.75, 3.05) is 19.6 Å². The van der Waals surface area contributed by atoms with Gasteiger partial charge in [-0.15, -0.1) is 0 Å². The van der Waals surface area contributed by atoms with Gasteiger partial charge in [0.05, 0.1) is 0 Å². The largest absolute Gasteiger partial charge is 0.331 e. The topological polar surface area (TPSA) is 15.3 Å². The maximum Gasteiger partial charge on any atom is 0.122 e. The molecule has 2 nitrogen and oxygen atoms in total. The molecule has 20 heavy (non-hydrogen) atoms. The quantitative estimate of drug-likeness (QED) is 0.517. The summed E-state index contributed by atoms with van der Waals surface area (Å²) in [5.41, 5.74) is 0.245. The van der Waals surface area contributed by atoms with Gasteiger partial charge in [0, 0.05) is 12.1 Å². The van der Waals surface area contributed by atoms with Gasteiger partial charge in [0.2, 0.25) is 0 Å². The Morgan fingerprint density at radius 2 is 1.35 bits per heavy atom. The molecule has 3 heteroatoms. The van der Waals surface area contributed by atoms with Crippen molar-refractivity contribution in [1.29, 1.82) is 0 Å². The molecule has 0 aromatic rings. The van der Waals surface area contributed by atoms with E-state index in [0.717, 1.165) is 0 Å². The monoisotopic (exact) mass is 300 g/mol. The average Bonchev–Trinajstić information content (AvgIpc) is 2.40. The zero-order chi connectivity index (χ0) is 15.6. The molecule has 0 aromatic heterocycles. The first-order valence-electron chi connectivity index (χ1n) is 8.84. The minimum Gasteiger partial charge on any atom is -0.331 e. The molecule has 0 radical (unpaired) electrons. The Morgan fingerprint density at radius 3 is 1.70 bits per heavy atom. The van der Waals surface area contributed by atoms with E-state index in [-0.39, 0.29) is 5.54 Å². The van der Waals surface area contributed by atoms with Crippen LogP contribution >= 0.6 is 0 Å². The van der Waals surface area contributed by atoms with Crippen LogP contribution in [0.25, 0.3) is 0 Å². The molecule has 0 bridgehead atoms. The van der Waals surface area contributed by atoms with E-state index in [4.69, 9.17) is 0 Å². The van der Waals surface area contributed by atoms with Crippen molar-refractivity contribution in [3.63, 3.8) is 0 Å². The predicted molar refractivity (Wildman–Crippen MR) is 96.1 cm³/mol. The Labute approximate surface area is 129 Å². The molecule has 0 amide bonds. The van der Waals surface area contributed by atoms with Gasteiger partial charge in [-0.3, -0.25) is 0 Å². The standard InChI is InChI=1S/C17H40N2Si/c1-8-12-14-19(15-13-9-2)16-17(5,6)18-20(7,10-3)11-4/h18H,8-16H2,1-7H3. The third-order valence-corrected chi connectivity index (χ3v) is 8.88. The lowest BCUT2D eigenvalue weighted by molar-refractivity contribution is 0.209. The molecule has 0 rings (SSSR count). The van der Waals surface area contributed by atoms with E-state index in [1.165, 1.54) is 57.4 Å². The first kappa shape index (κ1) is 20.1. The zero-order valence-corrected chi connectivity index (χ0v) is 16.3. The fourth-order valence-electron chi connectivity index (χ4n) is 2.88. The highest BCUT2D eigenvalue weighted by molar-refractivity contribution is 6.76. The molecular formula is C17H40N2Si. The summed E-state index contributed by atoms with van der Waals surface area (Å²) in [4.78, 5) is 6.73. The van der Waals surface area contributed by atoms with Gasteiger partial charge in [-0.2, -0.15) is 0 Å². The maximum atomic E-state index is 4.05. The van der Waals surface area contributed by atoms with Gasteiger partial charge in [-0.05, 0) is 51.9 Å². The Morgan fingerprint density at radius 1 is 0.900 bits per heavy atom. The second-order valence-corrected chi connectivity index (χ2v) is 12.0. The number of hydrogen-bond acceptors (Lipinski definition) is 2. The van der Waals surface area contributed by atoms with Crippen LogP contribution in [0.4, 0.5) is 0 Å². The summed E-state index contributed by atoms with van der Waals surface area (Å²) in [6.07, 6.45) is 5.26. The van der Waals surface area contributed by atoms with E-state index in [1.807, 2.05) is 0 Å². The molecular weight excluding hydrogens is 260 g/mol. The second-order valence-electron chi connectivity index (χ2n) is 7.26. The van der Waals surface area contributed by atoms with Gasteiger partial charge in [-0.1, -0.05) is 47.1 Å². The van der Waals surface area contributed by atoms with Gasteiger partial charge in [0.15, 0.2) is 0 Å². The van der Waals surface area contributed by atoms with Crippen molar-refractivity contribution in [2.45, 2.75) is 91.4 Å². The molecule has 0 saturated carbocycles. The fourth-order valence-corrected chi connectivity index (χ4v) is 5.44. The lowest BCUT2D eigenvalue weighted by atomic mass is 10.1. The van der Waals surface area contributed by atoms with Crippen molar-refractivity contribution in [1.82, 2.24) is 9.88 Å². The lowest BCUT2D eigenvalue weighted by Crippen LogP contribution is -2.60. The summed E-state index contributed by atoms with van der Waals surface area (Å²) in [6.45, 7) is 20.3. The molecule has 1 N–H and O–H groups in total. The second kappa shape index (κ2) is 9.96. The summed E-state index contributed by atoms with van der Waals surface area (Å²) in [5.74, 6) is 0. The Hall–Kier alpha value is 0.137. The van der Waals surface area contributed by atoms with E-state index >= 15 is 0 Å². The van der Waals surface area contributed by atoms with Crippen LogP contribution in [-0.2, 0) is 0 Å². The molecule has 0 atom stereocenters. The number of nitrogens with zero attached hydrogens (tertiary/aromatic N) is 1. The summed E-state index contributed by atoms with van der Waals surface area (Å²) < 4.78 is 0. The highest BCUT2D eigenvalue weighted by Crippen LogP contribution is 2.17. The van der Waals surface area contributed by atoms with Crippen LogP contribution in [0.15, 0.2) is 0 Å². The Balaban J connectivity index is 4.55. The molecule has 0 spiro atoms. The van der Waals surface area contributed by atoms with Crippen LogP contribution in [0.1, 0.15) is 67.2 Å². The molecule has 0 aliphatic heterocycles. The first-order chi connectivity index (χ1) is 9.32. The molecule has 0 fully saturated rings. The highest BCUT2D eigenvalue weighted by atomic mass is 28.3. The minimum absolute atomic E-state index is 0.245. The summed E-state index contributed by atoms with van der Waals surface area (Å²) >= 11 is 0. The van der Waals surface area contributed by atoms with Crippen molar-refractivity contribution < 1.29 is 0 Å². The SMILES string of the molecule is CCCCN(CCCC)CC(C)(C)N[Si](C)(CC)CC. The Bertz CT molecular complexity index is 229. The minimum atomic E-state index is -1.24. The first-order valence-corrected chi connectivity index (χ1v) is 11.8. The summed E-state index contributed by atoms with van der Waals surface area (Å²) in [7, 11) is -1.24. The fraction of sp³-hybridized carbons (Fsp3) is 1.00. The van der Waals surface area contributed by atoms with E-state index in [9.17, 15) is 0 Å². The normalized spacial score (nSPS) is 13.2. The van der Waals surface area contributed by atoms with Crippen molar-refractivity contribution >= 4 is 8.24 Å². The van der Waals surface area contributed by atoms with Crippen LogP contribution in [0.3, 0.4) is 0 Å².